The molecule has 0 unspecified atom stereocenters. The fourth-order valence-corrected chi connectivity index (χ4v) is 0.342. The molecule has 0 aliphatic rings. The smallest absolute Gasteiger partial charge is 1.00 e. The second-order valence-electron chi connectivity index (χ2n) is 1.08. The van der Waals surface area contributed by atoms with Gasteiger partial charge in [0, 0.05) is 0 Å². The molecular formula is C7H12Cl2SiZr. The third-order valence-corrected chi connectivity index (χ3v) is 0.607. The van der Waals surface area contributed by atoms with Crippen LogP contribution in [0.5, 0.6) is 0 Å². The Balaban J connectivity index is -0.0000000240. The van der Waals surface area contributed by atoms with Crippen LogP contribution in [-0.2, 0) is 26.2 Å². The van der Waals surface area contributed by atoms with Gasteiger partial charge in [0.15, 0.2) is 0 Å². The predicted octanol–water partition coefficient (Wildman–Crippen LogP) is -5.51. The van der Waals surface area contributed by atoms with Gasteiger partial charge in [-0.1, -0.05) is 0 Å². The van der Waals surface area contributed by atoms with Crippen molar-refractivity contribution in [1.29, 1.82) is 0 Å². The summed E-state index contributed by atoms with van der Waals surface area (Å²) < 4.78 is 0. The van der Waals surface area contributed by atoms with E-state index in [1.54, 1.807) is 0 Å². The van der Waals surface area contributed by atoms with Crippen LogP contribution in [0.25, 0.3) is 0 Å². The molecule has 0 nitrogen and oxygen atoms in total. The molecule has 0 N–H and O–H groups in total. The summed E-state index contributed by atoms with van der Waals surface area (Å²) in [6.07, 6.45) is 0. The normalized spacial score (nSPS) is 4.36. The Morgan fingerprint density at radius 3 is 1.27 bits per heavy atom. The molecule has 0 heterocycles. The van der Waals surface area contributed by atoms with E-state index in [2.05, 4.69) is 6.07 Å². The molecule has 11 heavy (non-hydrogen) atoms. The summed E-state index contributed by atoms with van der Waals surface area (Å²) in [5, 5.41) is 0. The first-order valence-corrected chi connectivity index (χ1v) is 1.91. The fourth-order valence-electron chi connectivity index (χ4n) is 0.342. The monoisotopic (exact) mass is 284 g/mol. The molecule has 62 valence electrons. The van der Waals surface area contributed by atoms with Crippen LogP contribution in [-0.4, -0.2) is 11.0 Å². The Labute approximate surface area is 105 Å². The molecule has 0 aliphatic carbocycles. The van der Waals surface area contributed by atoms with E-state index in [-0.39, 0.29) is 69.4 Å². The summed E-state index contributed by atoms with van der Waals surface area (Å²) in [7, 11) is 0. The van der Waals surface area contributed by atoms with Gasteiger partial charge in [0.2, 0.25) is 0 Å². The van der Waals surface area contributed by atoms with Gasteiger partial charge < -0.3 is 32.2 Å². The minimum Gasteiger partial charge on any atom is -1.00 e. The minimum atomic E-state index is 0. The molecule has 0 bridgehead atoms. The number of benzene rings is 1. The maximum atomic E-state index is 2.89. The molecule has 4 heteroatoms. The summed E-state index contributed by atoms with van der Waals surface area (Å²) in [4.78, 5) is 0. The Morgan fingerprint density at radius 1 is 0.818 bits per heavy atom. The number of halogens is 2. The standard InChI is InChI=1S/C6H5.CH3.2ClH.H4Si.Zr/c1-2-4-6-5-3-1;;;;;/h1-5H;1H3;2*1H;1H4;/q2*-1;;;;+4/p-2. The zero-order valence-corrected chi connectivity index (χ0v) is 9.61. The second-order valence-corrected chi connectivity index (χ2v) is 1.08. The molecule has 0 radical (unpaired) electrons. The molecule has 0 aromatic heterocycles. The van der Waals surface area contributed by atoms with Crippen LogP contribution in [0.3, 0.4) is 0 Å². The third-order valence-electron chi connectivity index (χ3n) is 0.607. The van der Waals surface area contributed by atoms with E-state index in [1.165, 1.54) is 0 Å². The van der Waals surface area contributed by atoms with Gasteiger partial charge in [-0.15, -0.1) is 0 Å². The molecule has 0 fully saturated rings. The summed E-state index contributed by atoms with van der Waals surface area (Å²) in [6, 6.07) is 12.5. The average molecular weight is 286 g/mol. The molecule has 1 rings (SSSR count). The predicted molar refractivity (Wildman–Crippen MR) is 43.0 cm³/mol. The SMILES string of the molecule is [CH3-].[Cl-].[Cl-].[SiH4].[Zr+4].[c-]1ccccc1. The summed E-state index contributed by atoms with van der Waals surface area (Å²) in [5.41, 5.74) is 0. The van der Waals surface area contributed by atoms with Gasteiger partial charge in [-0.05, 0) is 11.0 Å². The van der Waals surface area contributed by atoms with E-state index in [0.29, 0.717) is 0 Å². The molecule has 0 amide bonds. The van der Waals surface area contributed by atoms with E-state index in [4.69, 9.17) is 0 Å². The largest absolute Gasteiger partial charge is 4.00 e. The average Bonchev–Trinajstić information content (AvgIpc) is 1.72. The first-order valence-electron chi connectivity index (χ1n) is 1.91. The number of rotatable bonds is 0. The van der Waals surface area contributed by atoms with Crippen LogP contribution >= 0.6 is 0 Å². The molecular weight excluding hydrogens is 274 g/mol. The van der Waals surface area contributed by atoms with Gasteiger partial charge in [0.1, 0.15) is 0 Å². The van der Waals surface area contributed by atoms with Crippen molar-refractivity contribution in [3.63, 3.8) is 0 Å². The molecule has 0 spiro atoms. The van der Waals surface area contributed by atoms with Crippen molar-refractivity contribution in [3.8, 4) is 0 Å². The Hall–Kier alpha value is 0.900. The fraction of sp³-hybridized carbons (Fsp3) is 0. The zero-order valence-electron chi connectivity index (χ0n) is 5.64. The molecule has 0 saturated carbocycles. The van der Waals surface area contributed by atoms with Crippen molar-refractivity contribution in [1.82, 2.24) is 0 Å². The number of hydrogen-bond acceptors (Lipinski definition) is 0. The quantitative estimate of drug-likeness (QED) is 0.330. The number of hydrogen-bond donors (Lipinski definition) is 0. The summed E-state index contributed by atoms with van der Waals surface area (Å²) in [6.45, 7) is 0. The Bertz CT molecular complexity index is 88.4. The van der Waals surface area contributed by atoms with Crippen molar-refractivity contribution in [2.24, 2.45) is 0 Å². The van der Waals surface area contributed by atoms with Gasteiger partial charge in [-0.25, -0.2) is 0 Å². The minimum absolute atomic E-state index is 0. The van der Waals surface area contributed by atoms with Crippen LogP contribution in [0.15, 0.2) is 30.3 Å². The van der Waals surface area contributed by atoms with Crippen molar-refractivity contribution in [2.75, 3.05) is 0 Å². The van der Waals surface area contributed by atoms with E-state index >= 15 is 0 Å². The molecule has 0 atom stereocenters. The Morgan fingerprint density at radius 2 is 1.18 bits per heavy atom. The Kier molecular flexibility index (Phi) is 60.6. The van der Waals surface area contributed by atoms with E-state index in [0.717, 1.165) is 0 Å². The van der Waals surface area contributed by atoms with E-state index in [9.17, 15) is 0 Å². The maximum absolute atomic E-state index is 2.89. The van der Waals surface area contributed by atoms with Crippen molar-refractivity contribution >= 4 is 11.0 Å². The molecule has 0 aliphatic heterocycles. The van der Waals surface area contributed by atoms with Gasteiger partial charge in [0.25, 0.3) is 0 Å². The third kappa shape index (κ3) is 18.1. The molecule has 1 aromatic carbocycles. The summed E-state index contributed by atoms with van der Waals surface area (Å²) in [5.74, 6) is 0. The van der Waals surface area contributed by atoms with Crippen LogP contribution < -0.4 is 24.8 Å². The van der Waals surface area contributed by atoms with Crippen LogP contribution in [0.1, 0.15) is 0 Å². The second kappa shape index (κ2) is 22.4. The summed E-state index contributed by atoms with van der Waals surface area (Å²) >= 11 is 0. The van der Waals surface area contributed by atoms with Crippen molar-refractivity contribution in [3.05, 3.63) is 43.8 Å². The van der Waals surface area contributed by atoms with Gasteiger partial charge in [-0.3, -0.25) is 0 Å². The first-order chi connectivity index (χ1) is 3.00. The van der Waals surface area contributed by atoms with Gasteiger partial charge in [-0.2, -0.15) is 36.4 Å². The van der Waals surface area contributed by atoms with Crippen molar-refractivity contribution < 1.29 is 51.0 Å². The van der Waals surface area contributed by atoms with E-state index in [1.807, 2.05) is 30.3 Å². The van der Waals surface area contributed by atoms with Crippen LogP contribution in [0.4, 0.5) is 0 Å². The first kappa shape index (κ1) is 29.7. The maximum Gasteiger partial charge on any atom is 4.00 e. The molecule has 0 saturated heterocycles. The van der Waals surface area contributed by atoms with Crippen LogP contribution in [0.2, 0.25) is 0 Å². The van der Waals surface area contributed by atoms with Crippen LogP contribution in [0, 0.1) is 13.5 Å². The molecule has 1 aromatic rings. The van der Waals surface area contributed by atoms with E-state index < -0.39 is 0 Å². The zero-order chi connectivity index (χ0) is 4.24. The van der Waals surface area contributed by atoms with Crippen molar-refractivity contribution in [2.45, 2.75) is 0 Å². The van der Waals surface area contributed by atoms with Gasteiger partial charge >= 0.3 is 26.2 Å². The topological polar surface area (TPSA) is 0 Å². The van der Waals surface area contributed by atoms with Gasteiger partial charge in [0.05, 0.1) is 0 Å².